The van der Waals surface area contributed by atoms with Crippen molar-refractivity contribution in [2.75, 3.05) is 6.54 Å². The van der Waals surface area contributed by atoms with E-state index in [0.29, 0.717) is 30.6 Å². The summed E-state index contributed by atoms with van der Waals surface area (Å²) in [7, 11) is 0. The van der Waals surface area contributed by atoms with Crippen LogP contribution in [0.1, 0.15) is 31.8 Å². The molecule has 7 heteroatoms. The summed E-state index contributed by atoms with van der Waals surface area (Å²) in [5, 5.41) is 13.0. The van der Waals surface area contributed by atoms with E-state index in [1.54, 1.807) is 39.6 Å². The van der Waals surface area contributed by atoms with Crippen molar-refractivity contribution in [3.63, 3.8) is 0 Å². The zero-order chi connectivity index (χ0) is 18.8. The Morgan fingerprint density at radius 1 is 1.04 bits per heavy atom. The summed E-state index contributed by atoms with van der Waals surface area (Å²) in [4.78, 5) is 26.2. The van der Waals surface area contributed by atoms with Crippen molar-refractivity contribution in [1.29, 1.82) is 0 Å². The topological polar surface area (TPSA) is 87.5 Å². The van der Waals surface area contributed by atoms with Crippen LogP contribution < -0.4 is 5.48 Å². The second-order valence-electron chi connectivity index (χ2n) is 6.41. The zero-order valence-corrected chi connectivity index (χ0v) is 14.5. The van der Waals surface area contributed by atoms with Crippen LogP contribution in [0.15, 0.2) is 60.9 Å². The Balaban J connectivity index is 1.51. The van der Waals surface area contributed by atoms with Crippen molar-refractivity contribution in [2.24, 2.45) is 0 Å². The second kappa shape index (κ2) is 7.05. The van der Waals surface area contributed by atoms with Gasteiger partial charge in [0.15, 0.2) is 0 Å². The van der Waals surface area contributed by atoms with Crippen LogP contribution in [0.25, 0.3) is 5.69 Å². The van der Waals surface area contributed by atoms with E-state index in [1.165, 1.54) is 0 Å². The Labute approximate surface area is 155 Å². The molecule has 0 unspecified atom stereocenters. The molecule has 0 spiro atoms. The quantitative estimate of drug-likeness (QED) is 0.552. The summed E-state index contributed by atoms with van der Waals surface area (Å²) in [6.45, 7) is 1.04. The van der Waals surface area contributed by atoms with E-state index in [1.807, 2.05) is 36.4 Å². The highest BCUT2D eigenvalue weighted by molar-refractivity contribution is 5.95. The van der Waals surface area contributed by atoms with E-state index in [0.717, 1.165) is 16.8 Å². The normalized spacial score (nSPS) is 13.1. The maximum absolute atomic E-state index is 12.9. The second-order valence-corrected chi connectivity index (χ2v) is 6.41. The molecule has 2 N–H and O–H groups in total. The molecule has 2 aromatic carbocycles. The SMILES string of the molecule is O=C(NO)c1ccc2c(c1)CCN(C(=O)c1cnn(-c3ccccc3)c1)C2. The van der Waals surface area contributed by atoms with Gasteiger partial charge in [-0.05, 0) is 41.8 Å². The third kappa shape index (κ3) is 3.32. The summed E-state index contributed by atoms with van der Waals surface area (Å²) in [6.07, 6.45) is 3.97. The predicted octanol–water partition coefficient (Wildman–Crippen LogP) is 2.19. The fourth-order valence-electron chi connectivity index (χ4n) is 3.27. The van der Waals surface area contributed by atoms with Crippen LogP contribution in [0, 0.1) is 0 Å². The number of aromatic nitrogens is 2. The summed E-state index contributed by atoms with van der Waals surface area (Å²) >= 11 is 0. The lowest BCUT2D eigenvalue weighted by atomic mass is 9.96. The minimum absolute atomic E-state index is 0.0694. The van der Waals surface area contributed by atoms with E-state index < -0.39 is 5.91 Å². The number of nitrogens with zero attached hydrogens (tertiary/aromatic N) is 3. The minimum Gasteiger partial charge on any atom is -0.334 e. The van der Waals surface area contributed by atoms with E-state index in [-0.39, 0.29) is 5.91 Å². The standard InChI is InChI=1S/C20H18N4O3/c25-19(22-27)15-6-7-16-12-23(9-8-14(16)10-15)20(26)17-11-21-24(13-17)18-4-2-1-3-5-18/h1-7,10-11,13,27H,8-9,12H2,(H,22,25). The van der Waals surface area contributed by atoms with Crippen molar-refractivity contribution < 1.29 is 14.8 Å². The number of carbonyl (C=O) groups is 2. The Morgan fingerprint density at radius 3 is 2.63 bits per heavy atom. The monoisotopic (exact) mass is 362 g/mol. The fraction of sp³-hybridized carbons (Fsp3) is 0.150. The molecule has 0 atom stereocenters. The van der Waals surface area contributed by atoms with Gasteiger partial charge in [-0.3, -0.25) is 14.8 Å². The number of carbonyl (C=O) groups excluding carboxylic acids is 2. The number of benzene rings is 2. The molecular formula is C20H18N4O3. The molecule has 27 heavy (non-hydrogen) atoms. The Kier molecular flexibility index (Phi) is 4.43. The minimum atomic E-state index is -0.537. The summed E-state index contributed by atoms with van der Waals surface area (Å²) in [5.74, 6) is -0.607. The van der Waals surface area contributed by atoms with Gasteiger partial charge in [0.05, 0.1) is 17.4 Å². The lowest BCUT2D eigenvalue weighted by molar-refractivity contribution is 0.0702. The molecule has 1 aliphatic heterocycles. The van der Waals surface area contributed by atoms with E-state index >= 15 is 0 Å². The summed E-state index contributed by atoms with van der Waals surface area (Å²) in [5.41, 5.74) is 5.49. The highest BCUT2D eigenvalue weighted by Gasteiger charge is 2.23. The number of hydrogen-bond acceptors (Lipinski definition) is 4. The van der Waals surface area contributed by atoms with Gasteiger partial charge in [-0.25, -0.2) is 10.2 Å². The molecule has 2 amide bonds. The summed E-state index contributed by atoms with van der Waals surface area (Å²) < 4.78 is 1.69. The Hall–Kier alpha value is -3.45. The molecule has 0 aliphatic carbocycles. The third-order valence-electron chi connectivity index (χ3n) is 4.72. The fourth-order valence-corrected chi connectivity index (χ4v) is 3.27. The van der Waals surface area contributed by atoms with Crippen LogP contribution in [0.4, 0.5) is 0 Å². The molecule has 1 aromatic heterocycles. The average Bonchev–Trinajstić information content (AvgIpc) is 3.22. The maximum atomic E-state index is 12.9. The van der Waals surface area contributed by atoms with E-state index in [4.69, 9.17) is 5.21 Å². The van der Waals surface area contributed by atoms with Gasteiger partial charge < -0.3 is 4.90 Å². The van der Waals surface area contributed by atoms with Gasteiger partial charge in [-0.15, -0.1) is 0 Å². The van der Waals surface area contributed by atoms with Gasteiger partial charge in [0.1, 0.15) is 0 Å². The number of fused-ring (bicyclic) bond motifs is 1. The van der Waals surface area contributed by atoms with E-state index in [9.17, 15) is 9.59 Å². The van der Waals surface area contributed by atoms with Crippen molar-refractivity contribution in [3.05, 3.63) is 83.2 Å². The van der Waals surface area contributed by atoms with Gasteiger partial charge in [-0.2, -0.15) is 5.10 Å². The number of nitrogens with one attached hydrogen (secondary N) is 1. The lowest BCUT2D eigenvalue weighted by Crippen LogP contribution is -2.36. The lowest BCUT2D eigenvalue weighted by Gasteiger charge is -2.28. The Bertz CT molecular complexity index is 997. The molecule has 0 saturated carbocycles. The first-order valence-electron chi connectivity index (χ1n) is 8.61. The summed E-state index contributed by atoms with van der Waals surface area (Å²) in [6, 6.07) is 14.9. The Morgan fingerprint density at radius 2 is 1.85 bits per heavy atom. The van der Waals surface area contributed by atoms with Gasteiger partial charge in [0.25, 0.3) is 11.8 Å². The average molecular weight is 362 g/mol. The first-order valence-corrected chi connectivity index (χ1v) is 8.61. The number of amides is 2. The van der Waals surface area contributed by atoms with E-state index in [2.05, 4.69) is 5.10 Å². The molecular weight excluding hydrogens is 344 g/mol. The zero-order valence-electron chi connectivity index (χ0n) is 14.5. The maximum Gasteiger partial charge on any atom is 0.274 e. The smallest absolute Gasteiger partial charge is 0.274 e. The van der Waals surface area contributed by atoms with Crippen molar-refractivity contribution in [3.8, 4) is 5.69 Å². The number of hydroxylamine groups is 1. The third-order valence-corrected chi connectivity index (χ3v) is 4.72. The number of para-hydroxylation sites is 1. The molecule has 3 aromatic rings. The highest BCUT2D eigenvalue weighted by atomic mass is 16.5. The van der Waals surface area contributed by atoms with Crippen molar-refractivity contribution >= 4 is 11.8 Å². The molecule has 0 fully saturated rings. The molecule has 136 valence electrons. The molecule has 0 radical (unpaired) electrons. The highest BCUT2D eigenvalue weighted by Crippen LogP contribution is 2.22. The van der Waals surface area contributed by atoms with Crippen molar-refractivity contribution in [2.45, 2.75) is 13.0 Å². The molecule has 0 saturated heterocycles. The van der Waals surface area contributed by atoms with Crippen LogP contribution in [0.2, 0.25) is 0 Å². The predicted molar refractivity (Wildman–Crippen MR) is 97.7 cm³/mol. The van der Waals surface area contributed by atoms with Gasteiger partial charge in [0, 0.05) is 24.8 Å². The van der Waals surface area contributed by atoms with Gasteiger partial charge in [0.2, 0.25) is 0 Å². The molecule has 1 aliphatic rings. The van der Waals surface area contributed by atoms with Crippen LogP contribution in [-0.2, 0) is 13.0 Å². The van der Waals surface area contributed by atoms with Crippen LogP contribution >= 0.6 is 0 Å². The molecule has 2 heterocycles. The molecule has 7 nitrogen and oxygen atoms in total. The van der Waals surface area contributed by atoms with Crippen molar-refractivity contribution in [1.82, 2.24) is 20.2 Å². The van der Waals surface area contributed by atoms with Crippen LogP contribution in [0.3, 0.4) is 0 Å². The number of hydrogen-bond donors (Lipinski definition) is 2. The van der Waals surface area contributed by atoms with Gasteiger partial charge >= 0.3 is 0 Å². The molecule has 4 rings (SSSR count). The molecule has 0 bridgehead atoms. The largest absolute Gasteiger partial charge is 0.334 e. The van der Waals surface area contributed by atoms with Crippen LogP contribution in [0.5, 0.6) is 0 Å². The van der Waals surface area contributed by atoms with Gasteiger partial charge in [-0.1, -0.05) is 24.3 Å². The first-order chi connectivity index (χ1) is 13.2. The number of rotatable bonds is 3. The van der Waals surface area contributed by atoms with Crippen LogP contribution in [-0.4, -0.2) is 38.2 Å². The first kappa shape index (κ1) is 17.0.